The topological polar surface area (TPSA) is 33.1 Å². The Morgan fingerprint density at radius 2 is 2.17 bits per heavy atom. The summed E-state index contributed by atoms with van der Waals surface area (Å²) in [5.74, 6) is -1.23. The molecule has 1 N–H and O–H groups in total. The molecule has 0 fully saturated rings. The molecule has 0 amide bonds. The lowest BCUT2D eigenvalue weighted by Gasteiger charge is -2.05. The van der Waals surface area contributed by atoms with Gasteiger partial charge in [0, 0.05) is 6.20 Å². The number of halogens is 3. The second-order valence-electron chi connectivity index (χ2n) is 2.13. The summed E-state index contributed by atoms with van der Waals surface area (Å²) in [6.07, 6.45) is -1.91. The molecule has 0 spiro atoms. The van der Waals surface area contributed by atoms with Crippen molar-refractivity contribution in [1.29, 1.82) is 0 Å². The number of aliphatic hydroxyl groups is 1. The van der Waals surface area contributed by atoms with Crippen LogP contribution in [0.15, 0.2) is 12.3 Å². The highest BCUT2D eigenvalue weighted by molar-refractivity contribution is 5.24. The first-order valence-electron chi connectivity index (χ1n) is 3.19. The summed E-state index contributed by atoms with van der Waals surface area (Å²) in [5.41, 5.74) is -0.947. The molecule has 0 unspecified atom stereocenters. The third-order valence-electron chi connectivity index (χ3n) is 1.42. The van der Waals surface area contributed by atoms with Crippen LogP contribution >= 0.6 is 0 Å². The number of rotatable bonds is 2. The highest BCUT2D eigenvalue weighted by Crippen LogP contribution is 2.24. The highest BCUT2D eigenvalue weighted by atomic mass is 19.3. The van der Waals surface area contributed by atoms with Gasteiger partial charge in [-0.05, 0) is 11.6 Å². The van der Waals surface area contributed by atoms with E-state index in [1.54, 1.807) is 0 Å². The van der Waals surface area contributed by atoms with Crippen LogP contribution in [-0.2, 0) is 6.61 Å². The van der Waals surface area contributed by atoms with Crippen molar-refractivity contribution >= 4 is 0 Å². The lowest BCUT2D eigenvalue weighted by Crippen LogP contribution is -2.00. The van der Waals surface area contributed by atoms with Crippen LogP contribution in [-0.4, -0.2) is 10.1 Å². The van der Waals surface area contributed by atoms with Gasteiger partial charge in [-0.2, -0.15) is 4.39 Å². The van der Waals surface area contributed by atoms with Crippen molar-refractivity contribution in [2.45, 2.75) is 13.0 Å². The Morgan fingerprint density at radius 1 is 1.50 bits per heavy atom. The maximum atomic E-state index is 12.6. The maximum absolute atomic E-state index is 12.6. The molecule has 2 nitrogen and oxygen atoms in total. The minimum atomic E-state index is -2.94. The summed E-state index contributed by atoms with van der Waals surface area (Å²) in [6.45, 7) is -0.612. The van der Waals surface area contributed by atoms with Crippen LogP contribution in [0.4, 0.5) is 13.2 Å². The van der Waals surface area contributed by atoms with Gasteiger partial charge in [0.1, 0.15) is 0 Å². The third kappa shape index (κ3) is 1.55. The molecule has 1 aromatic heterocycles. The third-order valence-corrected chi connectivity index (χ3v) is 1.42. The molecule has 1 rings (SSSR count). The zero-order valence-corrected chi connectivity index (χ0v) is 5.97. The molecule has 0 bridgehead atoms. The molecule has 5 heteroatoms. The van der Waals surface area contributed by atoms with E-state index in [4.69, 9.17) is 5.11 Å². The summed E-state index contributed by atoms with van der Waals surface area (Å²) in [7, 11) is 0. The van der Waals surface area contributed by atoms with Crippen LogP contribution in [0, 0.1) is 5.95 Å². The van der Waals surface area contributed by atoms with E-state index in [-0.39, 0.29) is 5.56 Å². The van der Waals surface area contributed by atoms with E-state index in [1.807, 2.05) is 0 Å². The molecular formula is C7H6F3NO. The van der Waals surface area contributed by atoms with Crippen LogP contribution in [0.3, 0.4) is 0 Å². The molecule has 66 valence electrons. The predicted octanol–water partition coefficient (Wildman–Crippen LogP) is 1.65. The van der Waals surface area contributed by atoms with Gasteiger partial charge >= 0.3 is 0 Å². The summed E-state index contributed by atoms with van der Waals surface area (Å²) in [6, 6.07) is 1.16. The van der Waals surface area contributed by atoms with E-state index in [0.29, 0.717) is 0 Å². The summed E-state index contributed by atoms with van der Waals surface area (Å²) in [5, 5.41) is 8.56. The lowest BCUT2D eigenvalue weighted by atomic mass is 10.1. The maximum Gasteiger partial charge on any atom is 0.268 e. The lowest BCUT2D eigenvalue weighted by molar-refractivity contribution is 0.140. The van der Waals surface area contributed by atoms with Gasteiger partial charge in [-0.15, -0.1) is 0 Å². The fourth-order valence-corrected chi connectivity index (χ4v) is 0.853. The first-order valence-corrected chi connectivity index (χ1v) is 3.19. The average Bonchev–Trinajstić information content (AvgIpc) is 2.03. The van der Waals surface area contributed by atoms with E-state index in [2.05, 4.69) is 4.98 Å². The Bertz CT molecular complexity index is 277. The molecule has 0 aliphatic rings. The van der Waals surface area contributed by atoms with Crippen LogP contribution < -0.4 is 0 Å². The largest absolute Gasteiger partial charge is 0.392 e. The molecule has 0 aliphatic carbocycles. The average molecular weight is 177 g/mol. The smallest absolute Gasteiger partial charge is 0.268 e. The quantitative estimate of drug-likeness (QED) is 0.696. The Balaban J connectivity index is 3.20. The number of pyridine rings is 1. The SMILES string of the molecule is OCc1ccnc(F)c1C(F)F. The number of hydrogen-bond acceptors (Lipinski definition) is 2. The van der Waals surface area contributed by atoms with Crippen LogP contribution in [0.2, 0.25) is 0 Å². The Kier molecular flexibility index (Phi) is 2.65. The minimum absolute atomic E-state index is 0.127. The normalized spacial score (nSPS) is 10.8. The summed E-state index contributed by atoms with van der Waals surface area (Å²) >= 11 is 0. The number of alkyl halides is 2. The zero-order valence-electron chi connectivity index (χ0n) is 5.97. The molecular weight excluding hydrogens is 171 g/mol. The monoisotopic (exact) mass is 177 g/mol. The van der Waals surface area contributed by atoms with Crippen molar-refractivity contribution in [1.82, 2.24) is 4.98 Å². The van der Waals surface area contributed by atoms with Gasteiger partial charge in [0.25, 0.3) is 6.43 Å². The van der Waals surface area contributed by atoms with Crippen molar-refractivity contribution in [3.05, 3.63) is 29.3 Å². The van der Waals surface area contributed by atoms with Gasteiger partial charge in [-0.25, -0.2) is 13.8 Å². The fraction of sp³-hybridized carbons (Fsp3) is 0.286. The first-order chi connectivity index (χ1) is 5.66. The second kappa shape index (κ2) is 3.53. The molecule has 12 heavy (non-hydrogen) atoms. The van der Waals surface area contributed by atoms with E-state index in [1.165, 1.54) is 0 Å². The summed E-state index contributed by atoms with van der Waals surface area (Å²) < 4.78 is 36.8. The first kappa shape index (κ1) is 8.99. The highest BCUT2D eigenvalue weighted by Gasteiger charge is 2.18. The van der Waals surface area contributed by atoms with E-state index < -0.39 is 24.5 Å². The van der Waals surface area contributed by atoms with Crippen molar-refractivity contribution in [2.75, 3.05) is 0 Å². The van der Waals surface area contributed by atoms with Crippen molar-refractivity contribution < 1.29 is 18.3 Å². The minimum Gasteiger partial charge on any atom is -0.392 e. The van der Waals surface area contributed by atoms with E-state index >= 15 is 0 Å². The van der Waals surface area contributed by atoms with Gasteiger partial charge in [0.15, 0.2) is 0 Å². The molecule has 1 aromatic rings. The van der Waals surface area contributed by atoms with E-state index in [0.717, 1.165) is 12.3 Å². The van der Waals surface area contributed by atoms with Crippen molar-refractivity contribution in [3.63, 3.8) is 0 Å². The molecule has 0 aromatic carbocycles. The molecule has 0 radical (unpaired) electrons. The Hall–Kier alpha value is -1.10. The van der Waals surface area contributed by atoms with Crippen molar-refractivity contribution in [2.24, 2.45) is 0 Å². The molecule has 0 saturated carbocycles. The van der Waals surface area contributed by atoms with Crippen LogP contribution in [0.5, 0.6) is 0 Å². The van der Waals surface area contributed by atoms with Crippen LogP contribution in [0.25, 0.3) is 0 Å². The molecule has 0 atom stereocenters. The van der Waals surface area contributed by atoms with Gasteiger partial charge in [0.05, 0.1) is 12.2 Å². The van der Waals surface area contributed by atoms with Crippen LogP contribution in [0.1, 0.15) is 17.6 Å². The molecule has 0 saturated heterocycles. The number of aromatic nitrogens is 1. The second-order valence-corrected chi connectivity index (χ2v) is 2.13. The van der Waals surface area contributed by atoms with Gasteiger partial charge < -0.3 is 5.11 Å². The fourth-order valence-electron chi connectivity index (χ4n) is 0.853. The molecule has 1 heterocycles. The van der Waals surface area contributed by atoms with Gasteiger partial charge in [-0.3, -0.25) is 0 Å². The summed E-state index contributed by atoms with van der Waals surface area (Å²) in [4.78, 5) is 3.05. The number of aliphatic hydroxyl groups excluding tert-OH is 1. The number of nitrogens with zero attached hydrogens (tertiary/aromatic N) is 1. The Morgan fingerprint density at radius 3 is 2.58 bits per heavy atom. The van der Waals surface area contributed by atoms with E-state index in [9.17, 15) is 13.2 Å². The molecule has 0 aliphatic heterocycles. The number of hydrogen-bond donors (Lipinski definition) is 1. The van der Waals surface area contributed by atoms with Gasteiger partial charge in [0.2, 0.25) is 5.95 Å². The standard InChI is InChI=1S/C7H6F3NO/c8-6(9)5-4(3-12)1-2-11-7(5)10/h1-2,6,12H,3H2. The van der Waals surface area contributed by atoms with Crippen molar-refractivity contribution in [3.8, 4) is 0 Å². The zero-order chi connectivity index (χ0) is 9.14. The van der Waals surface area contributed by atoms with Gasteiger partial charge in [-0.1, -0.05) is 0 Å². The Labute approximate surface area is 66.7 Å². The predicted molar refractivity (Wildman–Crippen MR) is 35.1 cm³/mol.